The van der Waals surface area contributed by atoms with Gasteiger partial charge in [-0.05, 0) is 52.4 Å². The third-order valence-electron chi connectivity index (χ3n) is 6.99. The number of hydrogen-bond donors (Lipinski definition) is 2. The van der Waals surface area contributed by atoms with Gasteiger partial charge in [0, 0.05) is 5.56 Å². The van der Waals surface area contributed by atoms with Gasteiger partial charge >= 0.3 is 6.03 Å². The van der Waals surface area contributed by atoms with E-state index in [-0.39, 0.29) is 24.4 Å². The molecule has 4 amide bonds. The summed E-state index contributed by atoms with van der Waals surface area (Å²) in [6.45, 7) is 7.76. The molecule has 1 aromatic carbocycles. The molecular weight excluding hydrogens is 436 g/mol. The molecule has 2 aromatic rings. The Morgan fingerprint density at radius 3 is 2.55 bits per heavy atom. The molecule has 1 saturated carbocycles. The van der Waals surface area contributed by atoms with Crippen LogP contribution in [0.5, 0.6) is 0 Å². The van der Waals surface area contributed by atoms with Gasteiger partial charge in [-0.15, -0.1) is 11.3 Å². The molecule has 1 aliphatic heterocycles. The minimum Gasteiger partial charge on any atom is -0.347 e. The van der Waals surface area contributed by atoms with E-state index < -0.39 is 11.6 Å². The molecule has 2 heterocycles. The number of urea groups is 1. The number of carbonyl (C=O) groups is 3. The smallest absolute Gasteiger partial charge is 0.325 e. The summed E-state index contributed by atoms with van der Waals surface area (Å²) < 4.78 is 0. The summed E-state index contributed by atoms with van der Waals surface area (Å²) in [5.74, 6) is -0.0126. The Hall–Kier alpha value is -2.74. The summed E-state index contributed by atoms with van der Waals surface area (Å²) in [6, 6.07) is 7.45. The highest BCUT2D eigenvalue weighted by Crippen LogP contribution is 2.37. The minimum absolute atomic E-state index is 0.263. The van der Waals surface area contributed by atoms with Crippen LogP contribution in [-0.2, 0) is 9.59 Å². The predicted octanol–water partition coefficient (Wildman–Crippen LogP) is 4.49. The summed E-state index contributed by atoms with van der Waals surface area (Å²) >= 11 is 1.55. The highest BCUT2D eigenvalue weighted by Gasteiger charge is 2.52. The normalized spacial score (nSPS) is 23.6. The molecule has 0 radical (unpaired) electrons. The molecule has 1 spiro atoms. The van der Waals surface area contributed by atoms with Crippen molar-refractivity contribution in [1.82, 2.24) is 20.5 Å². The van der Waals surface area contributed by atoms with Gasteiger partial charge in [0.1, 0.15) is 17.1 Å². The van der Waals surface area contributed by atoms with Crippen LogP contribution >= 0.6 is 11.3 Å². The van der Waals surface area contributed by atoms with E-state index in [4.69, 9.17) is 0 Å². The van der Waals surface area contributed by atoms with Crippen LogP contribution in [0.2, 0.25) is 0 Å². The first kappa shape index (κ1) is 23.4. The molecule has 176 valence electrons. The highest BCUT2D eigenvalue weighted by molar-refractivity contribution is 7.15. The molecule has 4 rings (SSSR count). The van der Waals surface area contributed by atoms with Gasteiger partial charge in [-0.25, -0.2) is 9.78 Å². The molecular formula is C25H32N4O3S. The summed E-state index contributed by atoms with van der Waals surface area (Å²) in [6.07, 6.45) is 4.23. The van der Waals surface area contributed by atoms with Crippen LogP contribution in [0.1, 0.15) is 68.1 Å². The van der Waals surface area contributed by atoms with Gasteiger partial charge in [-0.2, -0.15) is 0 Å². The van der Waals surface area contributed by atoms with Crippen molar-refractivity contribution >= 4 is 29.2 Å². The Morgan fingerprint density at radius 1 is 1.24 bits per heavy atom. The number of rotatable bonds is 6. The number of hydrogen-bond acceptors (Lipinski definition) is 5. The molecule has 2 N–H and O–H groups in total. The van der Waals surface area contributed by atoms with Gasteiger partial charge < -0.3 is 10.6 Å². The second kappa shape index (κ2) is 9.25. The van der Waals surface area contributed by atoms with Crippen molar-refractivity contribution < 1.29 is 14.4 Å². The van der Waals surface area contributed by atoms with Crippen LogP contribution in [-0.4, -0.2) is 39.8 Å². The topological polar surface area (TPSA) is 91.4 Å². The van der Waals surface area contributed by atoms with Crippen molar-refractivity contribution in [2.45, 2.75) is 71.4 Å². The summed E-state index contributed by atoms with van der Waals surface area (Å²) in [5.41, 5.74) is 2.27. The quantitative estimate of drug-likeness (QED) is 0.611. The zero-order valence-electron chi connectivity index (χ0n) is 19.7. The van der Waals surface area contributed by atoms with Crippen LogP contribution in [0.4, 0.5) is 4.79 Å². The fraction of sp³-hybridized carbons (Fsp3) is 0.520. The fourth-order valence-corrected chi connectivity index (χ4v) is 5.94. The first-order valence-corrected chi connectivity index (χ1v) is 12.5. The Bertz CT molecular complexity index is 1050. The number of benzene rings is 1. The number of nitrogens with zero attached hydrogens (tertiary/aromatic N) is 2. The molecule has 2 aliphatic rings. The SMILES string of the molecule is CCC1CCC2(CC1)NC(=O)N(CC(=O)NC(C)c1sc(-c3ccc(C)cc3)nc1C)C2=O. The van der Waals surface area contributed by atoms with Crippen molar-refractivity contribution in [3.8, 4) is 10.6 Å². The first-order chi connectivity index (χ1) is 15.7. The van der Waals surface area contributed by atoms with Crippen molar-refractivity contribution in [2.75, 3.05) is 6.54 Å². The zero-order valence-corrected chi connectivity index (χ0v) is 20.6. The lowest BCUT2D eigenvalue weighted by atomic mass is 9.75. The number of aryl methyl sites for hydroxylation is 2. The van der Waals surface area contributed by atoms with Gasteiger partial charge in [0.05, 0.1) is 16.6 Å². The van der Waals surface area contributed by atoms with Crippen molar-refractivity contribution in [3.05, 3.63) is 40.4 Å². The molecule has 33 heavy (non-hydrogen) atoms. The molecule has 1 atom stereocenters. The number of carbonyl (C=O) groups excluding carboxylic acids is 3. The van der Waals surface area contributed by atoms with Crippen LogP contribution in [0, 0.1) is 19.8 Å². The number of thiazole rings is 1. The Labute approximate surface area is 199 Å². The van der Waals surface area contributed by atoms with Gasteiger partial charge in [0.25, 0.3) is 5.91 Å². The molecule has 1 aromatic heterocycles. The average molecular weight is 469 g/mol. The second-order valence-electron chi connectivity index (χ2n) is 9.38. The van der Waals surface area contributed by atoms with Crippen molar-refractivity contribution in [2.24, 2.45) is 5.92 Å². The molecule has 0 bridgehead atoms. The van der Waals surface area contributed by atoms with E-state index in [1.807, 2.05) is 32.9 Å². The lowest BCUT2D eigenvalue weighted by Gasteiger charge is -2.34. The number of nitrogens with one attached hydrogen (secondary N) is 2. The van der Waals surface area contributed by atoms with Crippen molar-refractivity contribution in [1.29, 1.82) is 0 Å². The average Bonchev–Trinajstić information content (AvgIpc) is 3.28. The Kier molecular flexibility index (Phi) is 6.56. The summed E-state index contributed by atoms with van der Waals surface area (Å²) in [4.78, 5) is 45.1. The molecule has 1 saturated heterocycles. The number of imide groups is 1. The van der Waals surface area contributed by atoms with E-state index in [1.165, 1.54) is 5.56 Å². The lowest BCUT2D eigenvalue weighted by molar-refractivity contribution is -0.136. The van der Waals surface area contributed by atoms with Gasteiger partial charge in [0.15, 0.2) is 0 Å². The fourth-order valence-electron chi connectivity index (χ4n) is 4.86. The van der Waals surface area contributed by atoms with Crippen LogP contribution in [0.3, 0.4) is 0 Å². The van der Waals surface area contributed by atoms with E-state index in [0.717, 1.165) is 45.3 Å². The third kappa shape index (κ3) is 4.67. The molecule has 1 unspecified atom stereocenters. The van der Waals surface area contributed by atoms with E-state index in [0.29, 0.717) is 18.8 Å². The number of aromatic nitrogens is 1. The van der Waals surface area contributed by atoms with Gasteiger partial charge in [-0.3, -0.25) is 14.5 Å². The largest absolute Gasteiger partial charge is 0.347 e. The highest BCUT2D eigenvalue weighted by atomic mass is 32.1. The molecule has 7 nitrogen and oxygen atoms in total. The maximum atomic E-state index is 13.1. The van der Waals surface area contributed by atoms with E-state index in [2.05, 4.69) is 34.7 Å². The standard InChI is InChI=1S/C25H32N4O3S/c1-5-18-10-12-25(13-11-18)23(31)29(24(32)28-25)14-20(30)26-16(3)21-17(4)27-22(33-21)19-8-6-15(2)7-9-19/h6-9,16,18H,5,10-14H2,1-4H3,(H,26,30)(H,28,32). The first-order valence-electron chi connectivity index (χ1n) is 11.7. The van der Waals surface area contributed by atoms with Gasteiger partial charge in [0.2, 0.25) is 5.91 Å². The lowest BCUT2D eigenvalue weighted by Crippen LogP contribution is -2.50. The van der Waals surface area contributed by atoms with E-state index in [9.17, 15) is 14.4 Å². The van der Waals surface area contributed by atoms with Crippen molar-refractivity contribution in [3.63, 3.8) is 0 Å². The maximum absolute atomic E-state index is 13.1. The predicted molar refractivity (Wildman–Crippen MR) is 129 cm³/mol. The Morgan fingerprint density at radius 2 is 1.91 bits per heavy atom. The van der Waals surface area contributed by atoms with Crippen LogP contribution < -0.4 is 10.6 Å². The summed E-state index contributed by atoms with van der Waals surface area (Å²) in [5, 5.41) is 6.74. The van der Waals surface area contributed by atoms with Crippen LogP contribution in [0.15, 0.2) is 24.3 Å². The molecule has 2 fully saturated rings. The number of amides is 4. The third-order valence-corrected chi connectivity index (χ3v) is 8.37. The summed E-state index contributed by atoms with van der Waals surface area (Å²) in [7, 11) is 0. The van der Waals surface area contributed by atoms with E-state index in [1.54, 1.807) is 11.3 Å². The van der Waals surface area contributed by atoms with E-state index >= 15 is 0 Å². The second-order valence-corrected chi connectivity index (χ2v) is 10.4. The Balaban J connectivity index is 1.39. The minimum atomic E-state index is -0.828. The van der Waals surface area contributed by atoms with Gasteiger partial charge in [-0.1, -0.05) is 43.2 Å². The molecule has 1 aliphatic carbocycles. The van der Waals surface area contributed by atoms with Crippen LogP contribution in [0.25, 0.3) is 10.6 Å². The maximum Gasteiger partial charge on any atom is 0.325 e. The molecule has 8 heteroatoms. The monoisotopic (exact) mass is 468 g/mol. The zero-order chi connectivity index (χ0) is 23.8.